The summed E-state index contributed by atoms with van der Waals surface area (Å²) in [6, 6.07) is 5.57. The Morgan fingerprint density at radius 2 is 0.742 bits per heavy atom. The molecule has 0 atom stereocenters. The van der Waals surface area contributed by atoms with Crippen LogP contribution in [0.4, 0.5) is 0 Å². The van der Waals surface area contributed by atoms with Crippen LogP contribution in [0.5, 0.6) is 0 Å². The van der Waals surface area contributed by atoms with E-state index in [9.17, 15) is 24.0 Å². The van der Waals surface area contributed by atoms with Crippen molar-refractivity contribution in [2.75, 3.05) is 0 Å². The quantitative estimate of drug-likeness (QED) is 0.0594. The molecule has 1 aromatic carbocycles. The molecule has 2 rings (SSSR count). The van der Waals surface area contributed by atoms with Gasteiger partial charge in [-0.15, -0.1) is 0 Å². The molecule has 0 N–H and O–H groups in total. The van der Waals surface area contributed by atoms with E-state index >= 15 is 0 Å². The molecule has 0 fully saturated rings. The topological polar surface area (TPSA) is 159 Å². The van der Waals surface area contributed by atoms with Crippen LogP contribution in [0, 0.1) is 27.1 Å². The largest absolute Gasteiger partial charge is 0.373 e. The van der Waals surface area contributed by atoms with Crippen molar-refractivity contribution in [3.05, 3.63) is 58.7 Å². The van der Waals surface area contributed by atoms with Crippen LogP contribution in [0.2, 0.25) is 0 Å². The van der Waals surface area contributed by atoms with Crippen LogP contribution in [0.15, 0.2) is 47.6 Å². The maximum atomic E-state index is 14.7. The van der Waals surface area contributed by atoms with E-state index in [1.165, 1.54) is 30.3 Å². The maximum Gasteiger partial charge on any atom is 0.373 e. The molecule has 0 saturated carbocycles. The lowest BCUT2D eigenvalue weighted by Crippen LogP contribution is -2.49. The molecule has 0 heterocycles. The number of ketones is 1. The molecule has 1 aliphatic carbocycles. The van der Waals surface area contributed by atoms with Gasteiger partial charge in [-0.1, -0.05) is 101 Å². The van der Waals surface area contributed by atoms with Crippen molar-refractivity contribution in [1.29, 1.82) is 0 Å². The Labute approximate surface area is 370 Å². The van der Waals surface area contributed by atoms with Gasteiger partial charge in [-0.3, -0.25) is 24.3 Å². The van der Waals surface area contributed by atoms with Crippen molar-refractivity contribution in [2.45, 2.75) is 193 Å². The first kappa shape index (κ1) is 54.2. The van der Waals surface area contributed by atoms with Crippen LogP contribution >= 0.6 is 0 Å². The summed E-state index contributed by atoms with van der Waals surface area (Å²) < 4.78 is 0. The zero-order chi connectivity index (χ0) is 48.1. The van der Waals surface area contributed by atoms with Crippen LogP contribution in [0.25, 0.3) is 0 Å². The minimum Gasteiger partial charge on any atom is -0.296 e. The lowest BCUT2D eigenvalue weighted by molar-refractivity contribution is -0.347. The molecule has 1 aliphatic rings. The highest BCUT2D eigenvalue weighted by molar-refractivity contribution is 6.16. The fraction of sp³-hybridized carbons (Fsp3) is 0.694. The average molecular weight is 873 g/mol. The number of benzene rings is 1. The number of hydrogen-bond acceptors (Lipinski definition) is 13. The van der Waals surface area contributed by atoms with Crippen molar-refractivity contribution >= 4 is 29.7 Å². The first-order valence-corrected chi connectivity index (χ1v) is 21.3. The van der Waals surface area contributed by atoms with Gasteiger partial charge in [0.2, 0.25) is 5.41 Å². The van der Waals surface area contributed by atoms with Gasteiger partial charge in [0, 0.05) is 17.6 Å². The van der Waals surface area contributed by atoms with Gasteiger partial charge in [-0.25, -0.2) is 19.2 Å². The molecule has 0 aliphatic heterocycles. The third-order valence-electron chi connectivity index (χ3n) is 9.15. The van der Waals surface area contributed by atoms with Crippen molar-refractivity contribution in [2.24, 2.45) is 27.1 Å². The molecule has 62 heavy (non-hydrogen) atoms. The second-order valence-corrected chi connectivity index (χ2v) is 24.1. The van der Waals surface area contributed by atoms with Crippen LogP contribution in [-0.2, 0) is 53.5 Å². The number of carbonyl (C=O) groups excluding carboxylic acids is 5. The molecule has 0 spiro atoms. The Hall–Kier alpha value is -3.91. The summed E-state index contributed by atoms with van der Waals surface area (Å²) in [4.78, 5) is 115. The summed E-state index contributed by atoms with van der Waals surface area (Å²) in [5.41, 5.74) is -7.85. The van der Waals surface area contributed by atoms with Crippen molar-refractivity contribution in [1.82, 2.24) is 0 Å². The van der Waals surface area contributed by atoms with Crippen LogP contribution in [0.1, 0.15) is 191 Å². The molecular formula is C49H76O13. The van der Waals surface area contributed by atoms with Crippen LogP contribution < -0.4 is 0 Å². The minimum absolute atomic E-state index is 0.0877. The standard InChI is InChI=1S/C49H76O13/c1-41(2,3)28-45(13,14)59-55-37(51)33-23-21-32(22-24-33)36(50)34-25-26-35(38(52)56-60-46(15,16)29-42(4,5)6)49(27-34,39(53)57-61-47(17,18)30-43(7,8)9)40(54)58-62-48(19,20)31-44(10,11)12/h21-26H,27-31H2,1-20H3. The van der Waals surface area contributed by atoms with Gasteiger partial charge in [-0.2, -0.15) is 19.6 Å². The fourth-order valence-electron chi connectivity index (χ4n) is 8.62. The molecule has 0 amide bonds. The smallest absolute Gasteiger partial charge is 0.296 e. The number of hydrogen-bond donors (Lipinski definition) is 0. The second-order valence-electron chi connectivity index (χ2n) is 24.1. The zero-order valence-electron chi connectivity index (χ0n) is 41.3. The van der Waals surface area contributed by atoms with E-state index in [1.54, 1.807) is 41.5 Å². The first-order chi connectivity index (χ1) is 27.7. The highest BCUT2D eigenvalue weighted by atomic mass is 17.2. The third-order valence-corrected chi connectivity index (χ3v) is 9.15. The molecule has 0 bridgehead atoms. The molecular weight excluding hydrogens is 797 g/mol. The predicted octanol–water partition coefficient (Wildman–Crippen LogP) is 11.5. The lowest BCUT2D eigenvalue weighted by Gasteiger charge is -2.36. The van der Waals surface area contributed by atoms with Gasteiger partial charge >= 0.3 is 23.9 Å². The second kappa shape index (κ2) is 19.5. The highest BCUT2D eigenvalue weighted by Crippen LogP contribution is 2.44. The Morgan fingerprint density at radius 1 is 0.435 bits per heavy atom. The summed E-state index contributed by atoms with van der Waals surface area (Å²) >= 11 is 0. The number of Topliss-reactive ketones (excluding diaryl/α,β-unsaturated/α-hetero) is 1. The van der Waals surface area contributed by atoms with Gasteiger partial charge < -0.3 is 0 Å². The van der Waals surface area contributed by atoms with Crippen molar-refractivity contribution in [3.63, 3.8) is 0 Å². The summed E-state index contributed by atoms with van der Waals surface area (Å²) in [6.45, 7) is 37.9. The monoisotopic (exact) mass is 873 g/mol. The van der Waals surface area contributed by atoms with Crippen LogP contribution in [0.3, 0.4) is 0 Å². The maximum absolute atomic E-state index is 14.7. The predicted molar refractivity (Wildman–Crippen MR) is 235 cm³/mol. The van der Waals surface area contributed by atoms with E-state index in [-0.39, 0.29) is 38.4 Å². The Balaban J connectivity index is 2.69. The number of rotatable bonds is 18. The van der Waals surface area contributed by atoms with Gasteiger partial charge in [0.1, 0.15) is 22.4 Å². The van der Waals surface area contributed by atoms with E-state index in [2.05, 4.69) is 0 Å². The molecule has 1 aromatic rings. The third kappa shape index (κ3) is 17.7. The van der Waals surface area contributed by atoms with E-state index < -0.39 is 69.5 Å². The number of allylic oxidation sites excluding steroid dienone is 3. The van der Waals surface area contributed by atoms with Gasteiger partial charge in [0.05, 0.1) is 11.1 Å². The Morgan fingerprint density at radius 3 is 1.08 bits per heavy atom. The highest BCUT2D eigenvalue weighted by Gasteiger charge is 2.59. The summed E-state index contributed by atoms with van der Waals surface area (Å²) in [5.74, 6) is -5.32. The summed E-state index contributed by atoms with van der Waals surface area (Å²) in [7, 11) is 0. The molecule has 13 heteroatoms. The SMILES string of the molecule is CC(C)(C)CC(C)(C)OOC(=O)C1=CC=C(C(=O)c2ccc(C(=O)OOC(C)(C)CC(C)(C)C)cc2)CC1(C(=O)OOC(C)(C)CC(C)(C)C)C(=O)OOC(C)(C)CC(C)(C)C. The van der Waals surface area contributed by atoms with E-state index in [0.29, 0.717) is 25.7 Å². The molecule has 0 unspecified atom stereocenters. The summed E-state index contributed by atoms with van der Waals surface area (Å²) in [5, 5.41) is 0. The van der Waals surface area contributed by atoms with Crippen molar-refractivity contribution in [3.8, 4) is 0 Å². The minimum atomic E-state index is -2.70. The average Bonchev–Trinajstić information content (AvgIpc) is 3.06. The molecule has 13 nitrogen and oxygen atoms in total. The fourth-order valence-corrected chi connectivity index (χ4v) is 8.62. The molecule has 0 radical (unpaired) electrons. The summed E-state index contributed by atoms with van der Waals surface area (Å²) in [6.07, 6.45) is 3.62. The van der Waals surface area contributed by atoms with Crippen LogP contribution in [-0.4, -0.2) is 52.1 Å². The van der Waals surface area contributed by atoms with E-state index in [1.807, 2.05) is 96.9 Å². The Bertz CT molecular complexity index is 1790. The zero-order valence-corrected chi connectivity index (χ0v) is 41.3. The number of carbonyl (C=O) groups is 5. The molecule has 0 saturated heterocycles. The lowest BCUT2D eigenvalue weighted by atomic mass is 9.70. The first-order valence-electron chi connectivity index (χ1n) is 21.3. The van der Waals surface area contributed by atoms with Gasteiger partial charge in [0.15, 0.2) is 5.78 Å². The van der Waals surface area contributed by atoms with E-state index in [0.717, 1.165) is 6.08 Å². The van der Waals surface area contributed by atoms with E-state index in [4.69, 9.17) is 39.1 Å². The molecule has 0 aromatic heterocycles. The van der Waals surface area contributed by atoms with Gasteiger partial charge in [0.25, 0.3) is 0 Å². The van der Waals surface area contributed by atoms with Gasteiger partial charge in [-0.05, 0) is 121 Å². The van der Waals surface area contributed by atoms with Crippen molar-refractivity contribution < 1.29 is 63.1 Å². The Kier molecular flexibility index (Phi) is 17.0. The molecule has 350 valence electrons. The normalized spacial score (nSPS) is 15.5.